The van der Waals surface area contributed by atoms with Crippen LogP contribution in [-0.4, -0.2) is 22.4 Å². The number of benzene rings is 1. The summed E-state index contributed by atoms with van der Waals surface area (Å²) in [5.74, 6) is -0.293. The number of hydrogen-bond donors (Lipinski definition) is 0. The van der Waals surface area contributed by atoms with Crippen LogP contribution in [0.3, 0.4) is 0 Å². The molecule has 0 unspecified atom stereocenters. The minimum absolute atomic E-state index is 0.293. The molecule has 4 nitrogen and oxygen atoms in total. The van der Waals surface area contributed by atoms with Crippen molar-refractivity contribution in [1.82, 2.24) is 9.78 Å². The summed E-state index contributed by atoms with van der Waals surface area (Å²) >= 11 is 0. The molecule has 0 bridgehead atoms. The van der Waals surface area contributed by atoms with Gasteiger partial charge in [0.05, 0.1) is 23.7 Å². The van der Waals surface area contributed by atoms with Crippen LogP contribution < -0.4 is 0 Å². The van der Waals surface area contributed by atoms with E-state index in [1.807, 2.05) is 44.2 Å². The first-order chi connectivity index (χ1) is 9.19. The van der Waals surface area contributed by atoms with Gasteiger partial charge in [0.2, 0.25) is 0 Å². The molecule has 1 aromatic heterocycles. The topological polar surface area (TPSA) is 44.1 Å². The third-order valence-electron chi connectivity index (χ3n) is 3.00. The maximum Gasteiger partial charge on any atom is 0.341 e. The summed E-state index contributed by atoms with van der Waals surface area (Å²) in [4.78, 5) is 12.0. The summed E-state index contributed by atoms with van der Waals surface area (Å²) in [5.41, 5.74) is 3.14. The van der Waals surface area contributed by atoms with Gasteiger partial charge < -0.3 is 4.74 Å². The molecule has 100 valence electrons. The molecule has 0 saturated carbocycles. The van der Waals surface area contributed by atoms with E-state index in [1.54, 1.807) is 11.6 Å². The van der Waals surface area contributed by atoms with Crippen molar-refractivity contribution in [3.8, 4) is 5.69 Å². The number of rotatable bonds is 4. The molecule has 1 heterocycles. The van der Waals surface area contributed by atoms with Crippen molar-refractivity contribution >= 4 is 5.97 Å². The van der Waals surface area contributed by atoms with Crippen LogP contribution in [0.15, 0.2) is 30.3 Å². The maximum atomic E-state index is 12.0. The van der Waals surface area contributed by atoms with E-state index in [0.29, 0.717) is 18.6 Å². The lowest BCUT2D eigenvalue weighted by Crippen LogP contribution is -2.08. The molecule has 0 saturated heterocycles. The van der Waals surface area contributed by atoms with E-state index in [-0.39, 0.29) is 5.97 Å². The fourth-order valence-corrected chi connectivity index (χ4v) is 2.10. The molecule has 0 aliphatic carbocycles. The molecule has 0 atom stereocenters. The summed E-state index contributed by atoms with van der Waals surface area (Å²) in [7, 11) is 0. The van der Waals surface area contributed by atoms with E-state index in [2.05, 4.69) is 5.10 Å². The SMILES string of the molecule is CCOC(=O)c1c(CC)nn(-c2ccccc2)c1C. The van der Waals surface area contributed by atoms with Gasteiger partial charge in [-0.3, -0.25) is 0 Å². The smallest absolute Gasteiger partial charge is 0.341 e. The van der Waals surface area contributed by atoms with Crippen LogP contribution in [0.25, 0.3) is 5.69 Å². The van der Waals surface area contributed by atoms with E-state index in [4.69, 9.17) is 4.74 Å². The Kier molecular flexibility index (Phi) is 4.00. The Balaban J connectivity index is 2.51. The molecule has 4 heteroatoms. The molecule has 2 rings (SSSR count). The Morgan fingerprint density at radius 3 is 2.53 bits per heavy atom. The summed E-state index contributed by atoms with van der Waals surface area (Å²) in [6, 6.07) is 9.79. The van der Waals surface area contributed by atoms with Crippen molar-refractivity contribution < 1.29 is 9.53 Å². The lowest BCUT2D eigenvalue weighted by atomic mass is 10.1. The van der Waals surface area contributed by atoms with Gasteiger partial charge in [-0.1, -0.05) is 25.1 Å². The quantitative estimate of drug-likeness (QED) is 0.792. The fraction of sp³-hybridized carbons (Fsp3) is 0.333. The number of ether oxygens (including phenoxy) is 1. The first-order valence-electron chi connectivity index (χ1n) is 6.50. The highest BCUT2D eigenvalue weighted by Gasteiger charge is 2.21. The number of esters is 1. The largest absolute Gasteiger partial charge is 0.462 e. The predicted molar refractivity (Wildman–Crippen MR) is 73.6 cm³/mol. The highest BCUT2D eigenvalue weighted by Crippen LogP contribution is 2.19. The van der Waals surface area contributed by atoms with Crippen LogP contribution in [0.2, 0.25) is 0 Å². The first kappa shape index (κ1) is 13.3. The number of para-hydroxylation sites is 1. The minimum Gasteiger partial charge on any atom is -0.462 e. The zero-order valence-electron chi connectivity index (χ0n) is 11.5. The Bertz CT molecular complexity index is 573. The van der Waals surface area contributed by atoms with Crippen molar-refractivity contribution in [2.75, 3.05) is 6.61 Å². The van der Waals surface area contributed by atoms with E-state index in [9.17, 15) is 4.79 Å². The van der Waals surface area contributed by atoms with Gasteiger partial charge >= 0.3 is 5.97 Å². The Hall–Kier alpha value is -2.10. The van der Waals surface area contributed by atoms with Crippen LogP contribution in [0.5, 0.6) is 0 Å². The van der Waals surface area contributed by atoms with Gasteiger partial charge in [0.1, 0.15) is 5.56 Å². The van der Waals surface area contributed by atoms with Crippen molar-refractivity contribution in [2.45, 2.75) is 27.2 Å². The number of nitrogens with zero attached hydrogens (tertiary/aromatic N) is 2. The number of aromatic nitrogens is 2. The third-order valence-corrected chi connectivity index (χ3v) is 3.00. The average Bonchev–Trinajstić information content (AvgIpc) is 2.77. The van der Waals surface area contributed by atoms with Crippen LogP contribution in [0.1, 0.15) is 35.6 Å². The van der Waals surface area contributed by atoms with Gasteiger partial charge in [-0.15, -0.1) is 0 Å². The first-order valence-corrected chi connectivity index (χ1v) is 6.50. The second kappa shape index (κ2) is 5.69. The second-order valence-corrected chi connectivity index (χ2v) is 4.23. The van der Waals surface area contributed by atoms with E-state index >= 15 is 0 Å². The predicted octanol–water partition coefficient (Wildman–Crippen LogP) is 2.92. The average molecular weight is 258 g/mol. The molecular weight excluding hydrogens is 240 g/mol. The van der Waals surface area contributed by atoms with Gasteiger partial charge in [0, 0.05) is 0 Å². The van der Waals surface area contributed by atoms with Crippen molar-refractivity contribution in [2.24, 2.45) is 0 Å². The van der Waals surface area contributed by atoms with Crippen LogP contribution in [-0.2, 0) is 11.2 Å². The highest BCUT2D eigenvalue weighted by molar-refractivity contribution is 5.92. The molecule has 1 aromatic carbocycles. The molecule has 0 amide bonds. The summed E-state index contributed by atoms with van der Waals surface area (Å²) < 4.78 is 6.90. The zero-order valence-corrected chi connectivity index (χ0v) is 11.5. The Morgan fingerprint density at radius 2 is 1.95 bits per heavy atom. The number of aryl methyl sites for hydroxylation is 1. The lowest BCUT2D eigenvalue weighted by Gasteiger charge is -2.05. The van der Waals surface area contributed by atoms with E-state index in [0.717, 1.165) is 17.1 Å². The van der Waals surface area contributed by atoms with E-state index in [1.165, 1.54) is 0 Å². The van der Waals surface area contributed by atoms with Gasteiger partial charge in [0.15, 0.2) is 0 Å². The molecule has 0 N–H and O–H groups in total. The van der Waals surface area contributed by atoms with Crippen LogP contribution in [0.4, 0.5) is 0 Å². The molecule has 2 aromatic rings. The van der Waals surface area contributed by atoms with Crippen molar-refractivity contribution in [1.29, 1.82) is 0 Å². The standard InChI is InChI=1S/C15H18N2O2/c1-4-13-14(15(18)19-5-2)11(3)17(16-13)12-9-7-6-8-10-12/h6-10H,4-5H2,1-3H3. The lowest BCUT2D eigenvalue weighted by molar-refractivity contribution is 0.0524. The summed E-state index contributed by atoms with van der Waals surface area (Å²) in [6.45, 7) is 6.06. The number of hydrogen-bond acceptors (Lipinski definition) is 3. The van der Waals surface area contributed by atoms with E-state index < -0.39 is 0 Å². The van der Waals surface area contributed by atoms with Crippen molar-refractivity contribution in [3.05, 3.63) is 47.3 Å². The molecule has 19 heavy (non-hydrogen) atoms. The fourth-order valence-electron chi connectivity index (χ4n) is 2.10. The van der Waals surface area contributed by atoms with Gasteiger partial charge in [-0.25, -0.2) is 9.48 Å². The van der Waals surface area contributed by atoms with Crippen LogP contribution >= 0.6 is 0 Å². The molecular formula is C15H18N2O2. The Labute approximate surface area is 113 Å². The van der Waals surface area contributed by atoms with Gasteiger partial charge in [-0.05, 0) is 32.4 Å². The van der Waals surface area contributed by atoms with Gasteiger partial charge in [0.25, 0.3) is 0 Å². The monoisotopic (exact) mass is 258 g/mol. The maximum absolute atomic E-state index is 12.0. The molecule has 0 fully saturated rings. The Morgan fingerprint density at radius 1 is 1.26 bits per heavy atom. The molecule has 0 aliphatic heterocycles. The molecule has 0 spiro atoms. The van der Waals surface area contributed by atoms with Crippen LogP contribution in [0, 0.1) is 6.92 Å². The summed E-state index contributed by atoms with van der Waals surface area (Å²) in [6.07, 6.45) is 0.703. The zero-order chi connectivity index (χ0) is 13.8. The summed E-state index contributed by atoms with van der Waals surface area (Å²) in [5, 5.41) is 4.52. The number of carbonyl (C=O) groups excluding carboxylic acids is 1. The number of carbonyl (C=O) groups is 1. The normalized spacial score (nSPS) is 10.5. The third kappa shape index (κ3) is 2.52. The van der Waals surface area contributed by atoms with Crippen molar-refractivity contribution in [3.63, 3.8) is 0 Å². The molecule has 0 aliphatic rings. The minimum atomic E-state index is -0.293. The molecule has 0 radical (unpaired) electrons. The van der Waals surface area contributed by atoms with Gasteiger partial charge in [-0.2, -0.15) is 5.10 Å². The second-order valence-electron chi connectivity index (χ2n) is 4.23. The highest BCUT2D eigenvalue weighted by atomic mass is 16.5.